The van der Waals surface area contributed by atoms with Crippen molar-refractivity contribution in [3.63, 3.8) is 0 Å². The molecule has 0 saturated carbocycles. The number of halogens is 3. The van der Waals surface area contributed by atoms with Crippen molar-refractivity contribution in [3.05, 3.63) is 70.8 Å². The molecule has 2 aromatic rings. The van der Waals surface area contributed by atoms with E-state index in [-0.39, 0.29) is 5.88 Å². The van der Waals surface area contributed by atoms with Crippen LogP contribution in [0.1, 0.15) is 31.8 Å². The molecule has 0 radical (unpaired) electrons. The Morgan fingerprint density at radius 3 is 1.96 bits per heavy atom. The van der Waals surface area contributed by atoms with E-state index < -0.39 is 23.6 Å². The number of hydrogen-bond acceptors (Lipinski definition) is 4. The van der Waals surface area contributed by atoms with Gasteiger partial charge >= 0.3 is 6.18 Å². The van der Waals surface area contributed by atoms with E-state index >= 15 is 0 Å². The van der Waals surface area contributed by atoms with E-state index in [4.69, 9.17) is 12.2 Å². The lowest BCUT2D eigenvalue weighted by atomic mass is 10.1. The first-order chi connectivity index (χ1) is 11.8. The summed E-state index contributed by atoms with van der Waals surface area (Å²) in [7, 11) is 0. The Morgan fingerprint density at radius 1 is 0.960 bits per heavy atom. The molecule has 0 fully saturated rings. The highest BCUT2D eigenvalue weighted by atomic mass is 32.2. The topological polar surface area (TPSA) is 37.4 Å². The maximum atomic E-state index is 12.6. The molecule has 1 heterocycles. The van der Waals surface area contributed by atoms with E-state index in [1.807, 2.05) is 0 Å². The van der Waals surface area contributed by atoms with Gasteiger partial charge in [-0.3, -0.25) is 14.5 Å². The third kappa shape index (κ3) is 3.45. The van der Waals surface area contributed by atoms with Crippen LogP contribution in [-0.4, -0.2) is 26.8 Å². The zero-order chi connectivity index (χ0) is 18.2. The summed E-state index contributed by atoms with van der Waals surface area (Å²) in [5.74, 6) is -0.793. The Balaban J connectivity index is 1.67. The number of thioether (sulfide) groups is 1. The molecule has 2 aromatic carbocycles. The largest absolute Gasteiger partial charge is 0.416 e. The van der Waals surface area contributed by atoms with Crippen LogP contribution >= 0.6 is 24.0 Å². The number of amides is 2. The molecule has 0 bridgehead atoms. The quantitative estimate of drug-likeness (QED) is 0.585. The van der Waals surface area contributed by atoms with Gasteiger partial charge in [-0.15, -0.1) is 0 Å². The highest BCUT2D eigenvalue weighted by molar-refractivity contribution is 8.23. The lowest BCUT2D eigenvalue weighted by molar-refractivity contribution is -0.137. The highest BCUT2D eigenvalue weighted by Crippen LogP contribution is 2.30. The van der Waals surface area contributed by atoms with Gasteiger partial charge < -0.3 is 0 Å². The monoisotopic (exact) mass is 381 g/mol. The van der Waals surface area contributed by atoms with Crippen LogP contribution in [0.5, 0.6) is 0 Å². The van der Waals surface area contributed by atoms with Gasteiger partial charge in [0.1, 0.15) is 0 Å². The van der Waals surface area contributed by atoms with Crippen molar-refractivity contribution < 1.29 is 22.8 Å². The molecule has 0 atom stereocenters. The third-order valence-electron chi connectivity index (χ3n) is 3.65. The third-order valence-corrected chi connectivity index (χ3v) is 5.13. The molecule has 1 aliphatic heterocycles. The summed E-state index contributed by atoms with van der Waals surface area (Å²) in [5.41, 5.74) is 0.358. The van der Waals surface area contributed by atoms with E-state index in [1.54, 1.807) is 24.3 Å². The maximum Gasteiger partial charge on any atom is 0.416 e. The Bertz CT molecular complexity index is 828. The molecule has 0 aromatic heterocycles. The average Bonchev–Trinajstić information content (AvgIpc) is 2.83. The lowest BCUT2D eigenvalue weighted by Gasteiger charge is -2.14. The summed E-state index contributed by atoms with van der Waals surface area (Å²) < 4.78 is 38.0. The van der Waals surface area contributed by atoms with Crippen molar-refractivity contribution >= 4 is 40.0 Å². The fraction of sp³-hybridized carbons (Fsp3) is 0.118. The summed E-state index contributed by atoms with van der Waals surface area (Å²) in [4.78, 5) is 25.5. The minimum Gasteiger partial charge on any atom is -0.269 e. The average molecular weight is 381 g/mol. The molecule has 128 valence electrons. The van der Waals surface area contributed by atoms with E-state index in [2.05, 4.69) is 0 Å². The van der Waals surface area contributed by atoms with Crippen LogP contribution in [-0.2, 0) is 6.18 Å². The van der Waals surface area contributed by atoms with E-state index in [9.17, 15) is 22.8 Å². The predicted molar refractivity (Wildman–Crippen MR) is 92.5 cm³/mol. The van der Waals surface area contributed by atoms with Gasteiger partial charge in [0.2, 0.25) is 0 Å². The van der Waals surface area contributed by atoms with Crippen LogP contribution in [0.3, 0.4) is 0 Å². The SMILES string of the molecule is O=C1c2ccccc2C(=O)N1CSC(=S)c1ccc(C(F)(F)F)cc1. The second kappa shape index (κ2) is 6.61. The second-order valence-electron chi connectivity index (χ2n) is 5.22. The first kappa shape index (κ1) is 17.6. The smallest absolute Gasteiger partial charge is 0.269 e. The van der Waals surface area contributed by atoms with Crippen molar-refractivity contribution in [2.24, 2.45) is 0 Å². The fourth-order valence-electron chi connectivity index (χ4n) is 2.36. The molecule has 0 unspecified atom stereocenters. The molecular formula is C17H10F3NO2S2. The Hall–Kier alpha value is -2.19. The van der Waals surface area contributed by atoms with Gasteiger partial charge in [0.15, 0.2) is 0 Å². The molecular weight excluding hydrogens is 371 g/mol. The molecule has 1 aliphatic rings. The highest BCUT2D eigenvalue weighted by Gasteiger charge is 2.35. The van der Waals surface area contributed by atoms with Gasteiger partial charge in [-0.2, -0.15) is 13.2 Å². The first-order valence-corrected chi connectivity index (χ1v) is 8.48. The van der Waals surface area contributed by atoms with Crippen LogP contribution in [0.4, 0.5) is 13.2 Å². The Morgan fingerprint density at radius 2 is 1.48 bits per heavy atom. The number of nitrogens with zero attached hydrogens (tertiary/aromatic N) is 1. The minimum atomic E-state index is -4.41. The van der Waals surface area contributed by atoms with E-state index in [1.165, 1.54) is 12.1 Å². The Kier molecular flexibility index (Phi) is 4.66. The minimum absolute atomic E-state index is 0.00615. The summed E-state index contributed by atoms with van der Waals surface area (Å²) in [6.45, 7) is 0. The molecule has 0 spiro atoms. The zero-order valence-electron chi connectivity index (χ0n) is 12.5. The maximum absolute atomic E-state index is 12.6. The molecule has 8 heteroatoms. The Labute approximate surface area is 150 Å². The summed E-state index contributed by atoms with van der Waals surface area (Å²) in [5, 5.41) is 0. The van der Waals surface area contributed by atoms with Crippen LogP contribution in [0.25, 0.3) is 0 Å². The molecule has 3 nitrogen and oxygen atoms in total. The molecule has 0 aliphatic carbocycles. The lowest BCUT2D eigenvalue weighted by Crippen LogP contribution is -2.29. The molecule has 0 N–H and O–H groups in total. The van der Waals surface area contributed by atoms with Crippen molar-refractivity contribution in [3.8, 4) is 0 Å². The molecule has 2 amide bonds. The number of imide groups is 1. The normalized spacial score (nSPS) is 14.0. The summed E-state index contributed by atoms with van der Waals surface area (Å²) in [6, 6.07) is 11.0. The molecule has 25 heavy (non-hydrogen) atoms. The summed E-state index contributed by atoms with van der Waals surface area (Å²) >= 11 is 6.24. The summed E-state index contributed by atoms with van der Waals surface area (Å²) in [6.07, 6.45) is -4.41. The predicted octanol–water partition coefficient (Wildman–Crippen LogP) is 4.37. The number of carbonyl (C=O) groups is 2. The fourth-order valence-corrected chi connectivity index (χ4v) is 3.44. The van der Waals surface area contributed by atoms with E-state index in [0.29, 0.717) is 20.9 Å². The standard InChI is InChI=1S/C17H10F3NO2S2/c18-17(19,20)11-7-5-10(6-8-11)16(24)25-9-21-14(22)12-3-1-2-4-13(12)15(21)23/h1-8H,9H2. The van der Waals surface area contributed by atoms with Crippen molar-refractivity contribution in [2.45, 2.75) is 6.18 Å². The number of alkyl halides is 3. The second-order valence-corrected chi connectivity index (χ2v) is 6.84. The number of benzene rings is 2. The van der Waals surface area contributed by atoms with Crippen molar-refractivity contribution in [1.29, 1.82) is 0 Å². The zero-order valence-corrected chi connectivity index (χ0v) is 14.2. The van der Waals surface area contributed by atoms with E-state index in [0.717, 1.165) is 28.8 Å². The van der Waals surface area contributed by atoms with Gasteiger partial charge in [0.25, 0.3) is 11.8 Å². The van der Waals surface area contributed by atoms with Gasteiger partial charge in [-0.25, -0.2) is 0 Å². The number of thiocarbonyl (C=S) groups is 1. The van der Waals surface area contributed by atoms with Gasteiger partial charge in [0, 0.05) is 0 Å². The first-order valence-electron chi connectivity index (χ1n) is 7.08. The number of fused-ring (bicyclic) bond motifs is 1. The van der Waals surface area contributed by atoms with Gasteiger partial charge in [-0.1, -0.05) is 48.2 Å². The van der Waals surface area contributed by atoms with Crippen LogP contribution in [0, 0.1) is 0 Å². The van der Waals surface area contributed by atoms with Gasteiger partial charge in [0.05, 0.1) is 26.8 Å². The molecule has 3 rings (SSSR count). The molecule has 0 saturated heterocycles. The van der Waals surface area contributed by atoms with Crippen LogP contribution in [0.2, 0.25) is 0 Å². The number of hydrogen-bond donors (Lipinski definition) is 0. The van der Waals surface area contributed by atoms with Crippen molar-refractivity contribution in [2.75, 3.05) is 5.88 Å². The van der Waals surface area contributed by atoms with Crippen molar-refractivity contribution in [1.82, 2.24) is 4.90 Å². The van der Waals surface area contributed by atoms with Crippen LogP contribution < -0.4 is 0 Å². The number of carbonyl (C=O) groups excluding carboxylic acids is 2. The number of rotatable bonds is 3. The van der Waals surface area contributed by atoms with Gasteiger partial charge in [-0.05, 0) is 29.8 Å². The van der Waals surface area contributed by atoms with Crippen LogP contribution in [0.15, 0.2) is 48.5 Å².